The molecule has 0 saturated carbocycles. The van der Waals surface area contributed by atoms with Crippen molar-refractivity contribution in [3.05, 3.63) is 48.3 Å². The number of hydrogen-bond acceptors (Lipinski definition) is 4. The monoisotopic (exact) mass is 326 g/mol. The summed E-state index contributed by atoms with van der Waals surface area (Å²) >= 11 is 0. The standard InChI is InChI=1S/C20H26N2O2/c1-3-19(23)24-16(2)8-5-4-6-9-17-10-12-18(13-11-17)20-21-14-7-15-22-20/h7,10-16H,3-6,8-9H2,1-2H3. The summed E-state index contributed by atoms with van der Waals surface area (Å²) in [5.74, 6) is 0.657. The van der Waals surface area contributed by atoms with Crippen LogP contribution in [0.3, 0.4) is 0 Å². The number of hydrogen-bond donors (Lipinski definition) is 0. The molecule has 4 heteroatoms. The van der Waals surface area contributed by atoms with E-state index in [0.29, 0.717) is 6.42 Å². The minimum absolute atomic E-state index is 0.0302. The van der Waals surface area contributed by atoms with Crippen LogP contribution in [0.1, 0.15) is 51.5 Å². The fourth-order valence-corrected chi connectivity index (χ4v) is 2.57. The van der Waals surface area contributed by atoms with Gasteiger partial charge in [-0.2, -0.15) is 0 Å². The maximum atomic E-state index is 11.2. The molecule has 1 aromatic heterocycles. The number of carbonyl (C=O) groups excluding carboxylic acids is 1. The topological polar surface area (TPSA) is 52.1 Å². The summed E-state index contributed by atoms with van der Waals surface area (Å²) in [6.45, 7) is 3.79. The third kappa shape index (κ3) is 6.11. The molecule has 1 heterocycles. The van der Waals surface area contributed by atoms with E-state index in [2.05, 4.69) is 34.2 Å². The van der Waals surface area contributed by atoms with Crippen LogP contribution >= 0.6 is 0 Å². The molecule has 0 N–H and O–H groups in total. The maximum Gasteiger partial charge on any atom is 0.305 e. The first kappa shape index (κ1) is 18.1. The molecule has 1 atom stereocenters. The molecule has 0 saturated heterocycles. The number of benzene rings is 1. The highest BCUT2D eigenvalue weighted by Gasteiger charge is 2.07. The van der Waals surface area contributed by atoms with Crippen molar-refractivity contribution in [2.75, 3.05) is 0 Å². The molecule has 2 aromatic rings. The van der Waals surface area contributed by atoms with Crippen molar-refractivity contribution in [3.63, 3.8) is 0 Å². The van der Waals surface area contributed by atoms with Gasteiger partial charge in [-0.15, -0.1) is 0 Å². The van der Waals surface area contributed by atoms with Crippen LogP contribution in [-0.2, 0) is 16.0 Å². The van der Waals surface area contributed by atoms with E-state index >= 15 is 0 Å². The average molecular weight is 326 g/mol. The fraction of sp³-hybridized carbons (Fsp3) is 0.450. The zero-order valence-electron chi connectivity index (χ0n) is 14.6. The van der Waals surface area contributed by atoms with Crippen molar-refractivity contribution >= 4 is 5.97 Å². The molecular weight excluding hydrogens is 300 g/mol. The fourth-order valence-electron chi connectivity index (χ4n) is 2.57. The Bertz CT molecular complexity index is 611. The molecule has 0 radical (unpaired) electrons. The van der Waals surface area contributed by atoms with Gasteiger partial charge in [0.2, 0.25) is 0 Å². The zero-order chi connectivity index (χ0) is 17.2. The quantitative estimate of drug-likeness (QED) is 0.499. The van der Waals surface area contributed by atoms with Crippen LogP contribution < -0.4 is 0 Å². The molecular formula is C20H26N2O2. The molecule has 0 aliphatic carbocycles. The molecule has 4 nitrogen and oxygen atoms in total. The minimum Gasteiger partial charge on any atom is -0.463 e. The van der Waals surface area contributed by atoms with E-state index in [4.69, 9.17) is 4.74 Å². The SMILES string of the molecule is CCC(=O)OC(C)CCCCCc1ccc(-c2ncccn2)cc1. The van der Waals surface area contributed by atoms with Crippen LogP contribution in [0.2, 0.25) is 0 Å². The number of nitrogens with zero attached hydrogens (tertiary/aromatic N) is 2. The third-order valence-corrected chi connectivity index (χ3v) is 3.98. The van der Waals surface area contributed by atoms with Gasteiger partial charge in [0, 0.05) is 24.4 Å². The highest BCUT2D eigenvalue weighted by atomic mass is 16.5. The normalized spacial score (nSPS) is 11.9. The molecule has 1 unspecified atom stereocenters. The van der Waals surface area contributed by atoms with Crippen molar-refractivity contribution < 1.29 is 9.53 Å². The van der Waals surface area contributed by atoms with Crippen LogP contribution in [0.15, 0.2) is 42.7 Å². The summed E-state index contributed by atoms with van der Waals surface area (Å²) in [4.78, 5) is 19.7. The lowest BCUT2D eigenvalue weighted by Crippen LogP contribution is -2.13. The van der Waals surface area contributed by atoms with Gasteiger partial charge < -0.3 is 4.74 Å². The number of aryl methyl sites for hydroxylation is 1. The van der Waals surface area contributed by atoms with Crippen molar-refractivity contribution in [1.29, 1.82) is 0 Å². The molecule has 24 heavy (non-hydrogen) atoms. The van der Waals surface area contributed by atoms with Crippen LogP contribution in [0.4, 0.5) is 0 Å². The van der Waals surface area contributed by atoms with Gasteiger partial charge >= 0.3 is 5.97 Å². The maximum absolute atomic E-state index is 11.2. The molecule has 1 aromatic carbocycles. The number of rotatable bonds is 9. The van der Waals surface area contributed by atoms with Gasteiger partial charge in [0.1, 0.15) is 0 Å². The van der Waals surface area contributed by atoms with Gasteiger partial charge in [0.25, 0.3) is 0 Å². The molecule has 0 aliphatic rings. The van der Waals surface area contributed by atoms with Gasteiger partial charge in [-0.1, -0.05) is 37.6 Å². The number of esters is 1. The van der Waals surface area contributed by atoms with Crippen molar-refractivity contribution in [3.8, 4) is 11.4 Å². The predicted octanol–water partition coefficient (Wildman–Crippen LogP) is 4.59. The van der Waals surface area contributed by atoms with E-state index in [1.165, 1.54) is 5.56 Å². The minimum atomic E-state index is -0.106. The number of carbonyl (C=O) groups is 1. The number of ether oxygens (including phenoxy) is 1. The summed E-state index contributed by atoms with van der Waals surface area (Å²) in [7, 11) is 0. The Morgan fingerprint density at radius 3 is 2.46 bits per heavy atom. The predicted molar refractivity (Wildman–Crippen MR) is 95.5 cm³/mol. The van der Waals surface area contributed by atoms with Crippen molar-refractivity contribution in [2.24, 2.45) is 0 Å². The van der Waals surface area contributed by atoms with Crippen molar-refractivity contribution in [2.45, 2.75) is 58.5 Å². The van der Waals surface area contributed by atoms with Gasteiger partial charge in [-0.05, 0) is 44.2 Å². The lowest BCUT2D eigenvalue weighted by Gasteiger charge is -2.12. The highest BCUT2D eigenvalue weighted by molar-refractivity contribution is 5.69. The van der Waals surface area contributed by atoms with Gasteiger partial charge in [0.15, 0.2) is 5.82 Å². The van der Waals surface area contributed by atoms with Crippen LogP contribution in [0.25, 0.3) is 11.4 Å². The first-order chi connectivity index (χ1) is 11.7. The molecule has 0 spiro atoms. The number of unbranched alkanes of at least 4 members (excludes halogenated alkanes) is 2. The third-order valence-electron chi connectivity index (χ3n) is 3.98. The molecule has 2 rings (SSSR count). The molecule has 0 amide bonds. The second-order valence-corrected chi connectivity index (χ2v) is 6.02. The van der Waals surface area contributed by atoms with Crippen LogP contribution in [0, 0.1) is 0 Å². The average Bonchev–Trinajstić information content (AvgIpc) is 2.62. The Morgan fingerprint density at radius 1 is 1.08 bits per heavy atom. The van der Waals surface area contributed by atoms with E-state index in [1.54, 1.807) is 12.4 Å². The summed E-state index contributed by atoms with van der Waals surface area (Å²) in [6.07, 6.45) is 9.40. The Morgan fingerprint density at radius 2 is 1.79 bits per heavy atom. The van der Waals surface area contributed by atoms with E-state index in [0.717, 1.165) is 43.5 Å². The highest BCUT2D eigenvalue weighted by Crippen LogP contribution is 2.16. The Labute approximate surface area is 144 Å². The molecule has 128 valence electrons. The van der Waals surface area contributed by atoms with Gasteiger partial charge in [-0.3, -0.25) is 4.79 Å². The molecule has 0 bridgehead atoms. The molecule has 0 fully saturated rings. The Kier molecular flexibility index (Phi) is 7.40. The lowest BCUT2D eigenvalue weighted by atomic mass is 10.0. The lowest BCUT2D eigenvalue weighted by molar-refractivity contribution is -0.148. The molecule has 0 aliphatic heterocycles. The van der Waals surface area contributed by atoms with Crippen LogP contribution in [0.5, 0.6) is 0 Å². The van der Waals surface area contributed by atoms with E-state index in [9.17, 15) is 4.79 Å². The Balaban J connectivity index is 1.67. The van der Waals surface area contributed by atoms with Crippen LogP contribution in [-0.4, -0.2) is 22.0 Å². The first-order valence-corrected chi connectivity index (χ1v) is 8.75. The smallest absolute Gasteiger partial charge is 0.305 e. The number of aromatic nitrogens is 2. The zero-order valence-corrected chi connectivity index (χ0v) is 14.6. The second-order valence-electron chi connectivity index (χ2n) is 6.02. The van der Waals surface area contributed by atoms with E-state index in [-0.39, 0.29) is 12.1 Å². The summed E-state index contributed by atoms with van der Waals surface area (Å²) < 4.78 is 5.27. The van der Waals surface area contributed by atoms with E-state index < -0.39 is 0 Å². The largest absolute Gasteiger partial charge is 0.463 e. The first-order valence-electron chi connectivity index (χ1n) is 8.75. The summed E-state index contributed by atoms with van der Waals surface area (Å²) in [5.41, 5.74) is 2.38. The second kappa shape index (κ2) is 9.81. The van der Waals surface area contributed by atoms with Gasteiger partial charge in [-0.25, -0.2) is 9.97 Å². The summed E-state index contributed by atoms with van der Waals surface area (Å²) in [6, 6.07) is 10.3. The van der Waals surface area contributed by atoms with E-state index in [1.807, 2.05) is 19.9 Å². The van der Waals surface area contributed by atoms with Gasteiger partial charge in [0.05, 0.1) is 6.10 Å². The van der Waals surface area contributed by atoms with Crippen molar-refractivity contribution in [1.82, 2.24) is 9.97 Å². The Hall–Kier alpha value is -2.23. The summed E-state index contributed by atoms with van der Waals surface area (Å²) in [5, 5.41) is 0.